The highest BCUT2D eigenvalue weighted by Gasteiger charge is 2.14. The zero-order valence-corrected chi connectivity index (χ0v) is 11.0. The zero-order valence-electron chi connectivity index (χ0n) is 10.2. The van der Waals surface area contributed by atoms with Gasteiger partial charge in [-0.05, 0) is 30.5 Å². The third-order valence-corrected chi connectivity index (χ3v) is 3.04. The first-order chi connectivity index (χ1) is 8.21. The van der Waals surface area contributed by atoms with Crippen LogP contribution in [0.5, 0.6) is 0 Å². The minimum Gasteiger partial charge on any atom is -0.395 e. The molecule has 2 atom stereocenters. The predicted octanol–water partition coefficient (Wildman–Crippen LogP) is 3.32. The van der Waals surface area contributed by atoms with Gasteiger partial charge in [0.1, 0.15) is 0 Å². The molecule has 0 saturated heterocycles. The predicted molar refractivity (Wildman–Crippen MR) is 73.3 cm³/mol. The highest BCUT2D eigenvalue weighted by atomic mass is 35.5. The molecule has 1 rings (SSSR count). The van der Waals surface area contributed by atoms with E-state index in [1.54, 1.807) is 0 Å². The Morgan fingerprint density at radius 2 is 2.29 bits per heavy atom. The molecule has 0 aliphatic carbocycles. The fourth-order valence-corrected chi connectivity index (χ4v) is 1.97. The Bertz CT molecular complexity index is 350. The summed E-state index contributed by atoms with van der Waals surface area (Å²) in [6.45, 7) is 5.97. The van der Waals surface area contributed by atoms with Gasteiger partial charge in [-0.15, -0.1) is 6.58 Å². The van der Waals surface area contributed by atoms with E-state index in [9.17, 15) is 5.11 Å². The smallest absolute Gasteiger partial charge is 0.0584 e. The number of nitrogens with one attached hydrogen (secondary N) is 1. The van der Waals surface area contributed by atoms with Crippen molar-refractivity contribution in [1.82, 2.24) is 5.32 Å². The van der Waals surface area contributed by atoms with E-state index in [-0.39, 0.29) is 18.7 Å². The summed E-state index contributed by atoms with van der Waals surface area (Å²) in [5.41, 5.74) is 1.13. The van der Waals surface area contributed by atoms with Gasteiger partial charge in [-0.3, -0.25) is 0 Å². The van der Waals surface area contributed by atoms with Crippen molar-refractivity contribution in [2.24, 2.45) is 0 Å². The molecule has 0 aliphatic heterocycles. The first kappa shape index (κ1) is 14.2. The molecule has 2 nitrogen and oxygen atoms in total. The maximum absolute atomic E-state index is 9.23. The third-order valence-electron chi connectivity index (χ3n) is 2.80. The average molecular weight is 254 g/mol. The van der Waals surface area contributed by atoms with E-state index in [2.05, 4.69) is 18.8 Å². The molecule has 0 heterocycles. The molecule has 94 valence electrons. The normalized spacial score (nSPS) is 14.3. The standard InChI is InChI=1S/C14H20ClNO/c1-3-6-14(16-13(4-2)10-17)11-7-5-8-12(15)9-11/h3,5,7-9,13-14,16-17H,1,4,6,10H2,2H3. The molecule has 1 aromatic carbocycles. The lowest BCUT2D eigenvalue weighted by molar-refractivity contribution is 0.227. The van der Waals surface area contributed by atoms with E-state index >= 15 is 0 Å². The Kier molecular flexibility index (Phi) is 6.27. The molecule has 0 spiro atoms. The van der Waals surface area contributed by atoms with Crippen molar-refractivity contribution in [2.45, 2.75) is 31.8 Å². The summed E-state index contributed by atoms with van der Waals surface area (Å²) in [7, 11) is 0. The van der Waals surface area contributed by atoms with Crippen molar-refractivity contribution in [3.63, 3.8) is 0 Å². The molecule has 0 saturated carbocycles. The van der Waals surface area contributed by atoms with Gasteiger partial charge in [0.25, 0.3) is 0 Å². The Balaban J connectivity index is 2.81. The van der Waals surface area contributed by atoms with E-state index in [1.165, 1.54) is 0 Å². The first-order valence-electron chi connectivity index (χ1n) is 5.94. The molecule has 1 aromatic rings. The Morgan fingerprint density at radius 1 is 1.53 bits per heavy atom. The topological polar surface area (TPSA) is 32.3 Å². The molecular weight excluding hydrogens is 234 g/mol. The molecule has 0 radical (unpaired) electrons. The van der Waals surface area contributed by atoms with Gasteiger partial charge in [0.15, 0.2) is 0 Å². The number of aliphatic hydroxyl groups is 1. The van der Waals surface area contributed by atoms with Crippen LogP contribution >= 0.6 is 11.6 Å². The van der Waals surface area contributed by atoms with Crippen LogP contribution in [0.2, 0.25) is 5.02 Å². The largest absolute Gasteiger partial charge is 0.395 e. The molecule has 0 aliphatic rings. The van der Waals surface area contributed by atoms with Gasteiger partial charge < -0.3 is 10.4 Å². The highest BCUT2D eigenvalue weighted by Crippen LogP contribution is 2.21. The number of hydrogen-bond acceptors (Lipinski definition) is 2. The van der Waals surface area contributed by atoms with Gasteiger partial charge in [0.2, 0.25) is 0 Å². The van der Waals surface area contributed by atoms with Crippen molar-refractivity contribution in [3.8, 4) is 0 Å². The zero-order chi connectivity index (χ0) is 12.7. The van der Waals surface area contributed by atoms with Crippen molar-refractivity contribution in [2.75, 3.05) is 6.61 Å². The van der Waals surface area contributed by atoms with Gasteiger partial charge in [-0.2, -0.15) is 0 Å². The maximum atomic E-state index is 9.23. The fourth-order valence-electron chi connectivity index (χ4n) is 1.77. The summed E-state index contributed by atoms with van der Waals surface area (Å²) in [5.74, 6) is 0. The van der Waals surface area contributed by atoms with Crippen molar-refractivity contribution < 1.29 is 5.11 Å². The monoisotopic (exact) mass is 253 g/mol. The Morgan fingerprint density at radius 3 is 2.82 bits per heavy atom. The van der Waals surface area contributed by atoms with Crippen LogP contribution in [0.3, 0.4) is 0 Å². The quantitative estimate of drug-likeness (QED) is 0.731. The van der Waals surface area contributed by atoms with E-state index in [1.807, 2.05) is 30.3 Å². The fraction of sp³-hybridized carbons (Fsp3) is 0.429. The van der Waals surface area contributed by atoms with Crippen LogP contribution in [0.25, 0.3) is 0 Å². The summed E-state index contributed by atoms with van der Waals surface area (Å²) in [6.07, 6.45) is 3.59. The van der Waals surface area contributed by atoms with E-state index < -0.39 is 0 Å². The number of rotatable bonds is 7. The number of halogens is 1. The number of benzene rings is 1. The summed E-state index contributed by atoms with van der Waals surface area (Å²) in [5, 5.41) is 13.4. The van der Waals surface area contributed by atoms with Crippen molar-refractivity contribution in [1.29, 1.82) is 0 Å². The van der Waals surface area contributed by atoms with E-state index in [0.717, 1.165) is 23.4 Å². The van der Waals surface area contributed by atoms with Crippen molar-refractivity contribution in [3.05, 3.63) is 47.5 Å². The minimum absolute atomic E-state index is 0.110. The number of aliphatic hydroxyl groups excluding tert-OH is 1. The minimum atomic E-state index is 0.110. The van der Waals surface area contributed by atoms with Gasteiger partial charge in [-0.25, -0.2) is 0 Å². The summed E-state index contributed by atoms with van der Waals surface area (Å²) >= 11 is 5.99. The van der Waals surface area contributed by atoms with Crippen LogP contribution in [0, 0.1) is 0 Å². The van der Waals surface area contributed by atoms with Crippen LogP contribution in [0.15, 0.2) is 36.9 Å². The summed E-state index contributed by atoms with van der Waals surface area (Å²) in [4.78, 5) is 0. The second kappa shape index (κ2) is 7.49. The van der Waals surface area contributed by atoms with Crippen LogP contribution in [-0.2, 0) is 0 Å². The van der Waals surface area contributed by atoms with E-state index in [0.29, 0.717) is 0 Å². The van der Waals surface area contributed by atoms with E-state index in [4.69, 9.17) is 11.6 Å². The SMILES string of the molecule is C=CCC(NC(CC)CO)c1cccc(Cl)c1. The lowest BCUT2D eigenvalue weighted by Gasteiger charge is -2.23. The Hall–Kier alpha value is -0.830. The molecule has 0 amide bonds. The van der Waals surface area contributed by atoms with Crippen LogP contribution < -0.4 is 5.32 Å². The Labute approximate surface area is 108 Å². The summed E-state index contributed by atoms with van der Waals surface area (Å²) in [6, 6.07) is 8.06. The van der Waals surface area contributed by atoms with Crippen LogP contribution in [0.4, 0.5) is 0 Å². The highest BCUT2D eigenvalue weighted by molar-refractivity contribution is 6.30. The van der Waals surface area contributed by atoms with Gasteiger partial charge in [0, 0.05) is 17.1 Å². The molecule has 0 fully saturated rings. The van der Waals surface area contributed by atoms with Crippen LogP contribution in [-0.4, -0.2) is 17.8 Å². The average Bonchev–Trinajstić information content (AvgIpc) is 2.34. The summed E-state index contributed by atoms with van der Waals surface area (Å²) < 4.78 is 0. The molecule has 2 N–H and O–H groups in total. The lowest BCUT2D eigenvalue weighted by atomic mass is 10.0. The molecule has 2 unspecified atom stereocenters. The lowest BCUT2D eigenvalue weighted by Crippen LogP contribution is -2.35. The van der Waals surface area contributed by atoms with Gasteiger partial charge in [0.05, 0.1) is 6.61 Å². The first-order valence-corrected chi connectivity index (χ1v) is 6.32. The van der Waals surface area contributed by atoms with Crippen LogP contribution in [0.1, 0.15) is 31.4 Å². The second-order valence-corrected chi connectivity index (χ2v) is 4.52. The second-order valence-electron chi connectivity index (χ2n) is 4.09. The molecule has 17 heavy (non-hydrogen) atoms. The van der Waals surface area contributed by atoms with Gasteiger partial charge >= 0.3 is 0 Å². The molecule has 3 heteroatoms. The van der Waals surface area contributed by atoms with Crippen molar-refractivity contribution >= 4 is 11.6 Å². The van der Waals surface area contributed by atoms with Gasteiger partial charge in [-0.1, -0.05) is 36.7 Å². The molecule has 0 aromatic heterocycles. The number of hydrogen-bond donors (Lipinski definition) is 2. The maximum Gasteiger partial charge on any atom is 0.0584 e. The molecule has 0 bridgehead atoms. The third kappa shape index (κ3) is 4.50. The molecular formula is C14H20ClNO.